The zero-order valence-corrected chi connectivity index (χ0v) is 11.6. The number of nitrogen functional groups attached to an aromatic ring is 1. The van der Waals surface area contributed by atoms with Gasteiger partial charge in [-0.1, -0.05) is 0 Å². The standard InChI is InChI=1S/C14H14N6O2/c15-10-7-13(21)19-11(18-10)3-4-17-14(22)9-1-2-12-16-5-6-20(12)8-9/h1-2,5-8H,3-4H2,(H,17,22)(H3,15,18,19,21). The monoisotopic (exact) mass is 298 g/mol. The van der Waals surface area contributed by atoms with Crippen LogP contribution >= 0.6 is 0 Å². The summed E-state index contributed by atoms with van der Waals surface area (Å²) < 4.78 is 1.77. The number of rotatable bonds is 4. The maximum atomic E-state index is 12.1. The molecule has 3 heterocycles. The van der Waals surface area contributed by atoms with Gasteiger partial charge in [0.15, 0.2) is 0 Å². The van der Waals surface area contributed by atoms with Crippen LogP contribution in [-0.2, 0) is 6.42 Å². The molecule has 0 saturated carbocycles. The lowest BCUT2D eigenvalue weighted by molar-refractivity contribution is 0.0953. The minimum absolute atomic E-state index is 0.163. The lowest BCUT2D eigenvalue weighted by Crippen LogP contribution is -2.27. The van der Waals surface area contributed by atoms with Gasteiger partial charge < -0.3 is 20.4 Å². The summed E-state index contributed by atoms with van der Waals surface area (Å²) in [5.41, 5.74) is 6.49. The Hall–Kier alpha value is -3.16. The Morgan fingerprint density at radius 1 is 1.41 bits per heavy atom. The van der Waals surface area contributed by atoms with Crippen LogP contribution in [0.1, 0.15) is 16.2 Å². The minimum Gasteiger partial charge on any atom is -0.383 e. The van der Waals surface area contributed by atoms with E-state index in [1.807, 2.05) is 0 Å². The van der Waals surface area contributed by atoms with Crippen molar-refractivity contribution in [3.63, 3.8) is 0 Å². The fourth-order valence-corrected chi connectivity index (χ4v) is 2.10. The molecule has 0 aliphatic carbocycles. The fourth-order valence-electron chi connectivity index (χ4n) is 2.10. The highest BCUT2D eigenvalue weighted by Crippen LogP contribution is 2.04. The summed E-state index contributed by atoms with van der Waals surface area (Å²) in [6.07, 6.45) is 5.53. The molecule has 0 aliphatic rings. The van der Waals surface area contributed by atoms with E-state index in [9.17, 15) is 9.59 Å². The van der Waals surface area contributed by atoms with Gasteiger partial charge in [-0.15, -0.1) is 0 Å². The van der Waals surface area contributed by atoms with E-state index in [4.69, 9.17) is 5.73 Å². The van der Waals surface area contributed by atoms with Gasteiger partial charge in [-0.2, -0.15) is 0 Å². The molecule has 0 saturated heterocycles. The van der Waals surface area contributed by atoms with E-state index in [2.05, 4.69) is 20.3 Å². The number of nitrogens with one attached hydrogen (secondary N) is 2. The van der Waals surface area contributed by atoms with Crippen LogP contribution in [0.25, 0.3) is 5.65 Å². The van der Waals surface area contributed by atoms with Crippen LogP contribution in [0.5, 0.6) is 0 Å². The van der Waals surface area contributed by atoms with Crippen molar-refractivity contribution in [1.29, 1.82) is 0 Å². The normalized spacial score (nSPS) is 10.7. The molecular weight excluding hydrogens is 284 g/mol. The van der Waals surface area contributed by atoms with Gasteiger partial charge in [0.05, 0.1) is 5.56 Å². The first-order chi connectivity index (χ1) is 10.6. The van der Waals surface area contributed by atoms with Crippen molar-refractivity contribution in [3.8, 4) is 0 Å². The Bertz CT molecular complexity index is 882. The molecule has 8 nitrogen and oxygen atoms in total. The molecular formula is C14H14N6O2. The largest absolute Gasteiger partial charge is 0.383 e. The molecule has 8 heteroatoms. The number of carbonyl (C=O) groups is 1. The SMILES string of the molecule is Nc1cc(=O)[nH]c(CCNC(=O)c2ccc3nccn3c2)n1. The number of pyridine rings is 1. The third kappa shape index (κ3) is 2.95. The summed E-state index contributed by atoms with van der Waals surface area (Å²) in [6, 6.07) is 4.69. The van der Waals surface area contributed by atoms with E-state index in [1.165, 1.54) is 6.07 Å². The predicted octanol–water partition coefficient (Wildman–Crippen LogP) is -0.0277. The van der Waals surface area contributed by atoms with Gasteiger partial charge in [-0.25, -0.2) is 9.97 Å². The van der Waals surface area contributed by atoms with Crippen molar-refractivity contribution in [2.45, 2.75) is 6.42 Å². The number of H-pyrrole nitrogens is 1. The molecule has 0 fully saturated rings. The zero-order valence-electron chi connectivity index (χ0n) is 11.6. The van der Waals surface area contributed by atoms with Crippen LogP contribution in [-0.4, -0.2) is 31.8 Å². The van der Waals surface area contributed by atoms with E-state index in [0.29, 0.717) is 24.4 Å². The van der Waals surface area contributed by atoms with Gasteiger partial charge in [0, 0.05) is 37.6 Å². The van der Waals surface area contributed by atoms with Crippen LogP contribution in [0, 0.1) is 0 Å². The molecule has 0 radical (unpaired) electrons. The summed E-state index contributed by atoms with van der Waals surface area (Å²) >= 11 is 0. The van der Waals surface area contributed by atoms with Crippen LogP contribution < -0.4 is 16.6 Å². The fraction of sp³-hybridized carbons (Fsp3) is 0.143. The van der Waals surface area contributed by atoms with E-state index in [-0.39, 0.29) is 17.3 Å². The zero-order chi connectivity index (χ0) is 15.5. The summed E-state index contributed by atoms with van der Waals surface area (Å²) in [5, 5.41) is 2.77. The first-order valence-corrected chi connectivity index (χ1v) is 6.68. The molecule has 4 N–H and O–H groups in total. The first-order valence-electron chi connectivity index (χ1n) is 6.68. The number of amides is 1. The number of anilines is 1. The molecule has 1 amide bonds. The summed E-state index contributed by atoms with van der Waals surface area (Å²) in [4.78, 5) is 34.0. The number of aromatic amines is 1. The summed E-state index contributed by atoms with van der Waals surface area (Å²) in [6.45, 7) is 0.340. The van der Waals surface area contributed by atoms with Crippen molar-refractivity contribution in [2.24, 2.45) is 0 Å². The highest BCUT2D eigenvalue weighted by Gasteiger charge is 2.07. The van der Waals surface area contributed by atoms with Crippen LogP contribution in [0.4, 0.5) is 5.82 Å². The van der Waals surface area contributed by atoms with E-state index >= 15 is 0 Å². The third-order valence-electron chi connectivity index (χ3n) is 3.11. The van der Waals surface area contributed by atoms with Crippen molar-refractivity contribution in [3.05, 3.63) is 58.5 Å². The Morgan fingerprint density at radius 2 is 2.27 bits per heavy atom. The molecule has 22 heavy (non-hydrogen) atoms. The number of nitrogens with zero attached hydrogens (tertiary/aromatic N) is 3. The molecule has 0 aromatic carbocycles. The highest BCUT2D eigenvalue weighted by molar-refractivity contribution is 5.94. The van der Waals surface area contributed by atoms with E-state index in [1.54, 1.807) is 35.1 Å². The number of aromatic nitrogens is 4. The molecule has 0 aliphatic heterocycles. The molecule has 0 atom stereocenters. The van der Waals surface area contributed by atoms with Crippen LogP contribution in [0.15, 0.2) is 41.6 Å². The number of nitrogens with two attached hydrogens (primary N) is 1. The average Bonchev–Trinajstić information content (AvgIpc) is 2.93. The molecule has 0 bridgehead atoms. The molecule has 0 unspecified atom stereocenters. The second kappa shape index (κ2) is 5.68. The summed E-state index contributed by atoms with van der Waals surface area (Å²) in [7, 11) is 0. The van der Waals surface area contributed by atoms with Crippen LogP contribution in [0.3, 0.4) is 0 Å². The third-order valence-corrected chi connectivity index (χ3v) is 3.11. The van der Waals surface area contributed by atoms with Crippen molar-refractivity contribution < 1.29 is 4.79 Å². The van der Waals surface area contributed by atoms with Gasteiger partial charge in [0.2, 0.25) is 0 Å². The lowest BCUT2D eigenvalue weighted by atomic mass is 10.2. The molecule has 3 rings (SSSR count). The maximum Gasteiger partial charge on any atom is 0.252 e. The highest BCUT2D eigenvalue weighted by atomic mass is 16.1. The second-order valence-electron chi connectivity index (χ2n) is 4.73. The van der Waals surface area contributed by atoms with Crippen molar-refractivity contribution >= 4 is 17.4 Å². The Balaban J connectivity index is 1.63. The van der Waals surface area contributed by atoms with E-state index < -0.39 is 0 Å². The van der Waals surface area contributed by atoms with Gasteiger partial charge in [-0.05, 0) is 12.1 Å². The van der Waals surface area contributed by atoms with Gasteiger partial charge in [-0.3, -0.25) is 9.59 Å². The number of carbonyl (C=O) groups excluding carboxylic acids is 1. The predicted molar refractivity (Wildman–Crippen MR) is 80.5 cm³/mol. The Labute approximate surface area is 125 Å². The van der Waals surface area contributed by atoms with Gasteiger partial charge in [0.25, 0.3) is 11.5 Å². The Morgan fingerprint density at radius 3 is 3.09 bits per heavy atom. The quantitative estimate of drug-likeness (QED) is 0.625. The van der Waals surface area contributed by atoms with Crippen molar-refractivity contribution in [2.75, 3.05) is 12.3 Å². The van der Waals surface area contributed by atoms with Gasteiger partial charge in [0.1, 0.15) is 17.3 Å². The molecule has 112 valence electrons. The maximum absolute atomic E-state index is 12.1. The molecule has 3 aromatic heterocycles. The molecule has 3 aromatic rings. The number of imidazole rings is 1. The minimum atomic E-state index is -0.306. The Kier molecular flexibility index (Phi) is 3.57. The average molecular weight is 298 g/mol. The first kappa shape index (κ1) is 13.8. The number of hydrogen-bond acceptors (Lipinski definition) is 5. The van der Waals surface area contributed by atoms with E-state index in [0.717, 1.165) is 5.65 Å². The lowest BCUT2D eigenvalue weighted by Gasteiger charge is -2.06. The summed E-state index contributed by atoms with van der Waals surface area (Å²) in [5.74, 6) is 0.396. The number of fused-ring (bicyclic) bond motifs is 1. The van der Waals surface area contributed by atoms with Gasteiger partial charge >= 0.3 is 0 Å². The van der Waals surface area contributed by atoms with Crippen LogP contribution in [0.2, 0.25) is 0 Å². The molecule has 0 spiro atoms. The number of hydrogen-bond donors (Lipinski definition) is 3. The topological polar surface area (TPSA) is 118 Å². The smallest absolute Gasteiger partial charge is 0.252 e. The van der Waals surface area contributed by atoms with Crippen molar-refractivity contribution in [1.82, 2.24) is 24.7 Å². The second-order valence-corrected chi connectivity index (χ2v) is 4.73.